The van der Waals surface area contributed by atoms with Gasteiger partial charge in [0.2, 0.25) is 0 Å². The molecule has 1 atom stereocenters. The van der Waals surface area contributed by atoms with E-state index in [1.54, 1.807) is 11.8 Å². The average Bonchev–Trinajstić information content (AvgIpc) is 2.91. The summed E-state index contributed by atoms with van der Waals surface area (Å²) in [4.78, 5) is 15.1. The number of halogens is 2. The fourth-order valence-corrected chi connectivity index (χ4v) is 7.94. The summed E-state index contributed by atoms with van der Waals surface area (Å²) in [5.41, 5.74) is 0.306. The third kappa shape index (κ3) is 6.97. The second-order valence-corrected chi connectivity index (χ2v) is 14.4. The van der Waals surface area contributed by atoms with Crippen molar-refractivity contribution in [3.8, 4) is 0 Å². The minimum Gasteiger partial charge on any atom is -0.322 e. The molecule has 1 unspecified atom stereocenters. The van der Waals surface area contributed by atoms with E-state index in [0.717, 1.165) is 11.5 Å². The first kappa shape index (κ1) is 29.4. The number of amides is 1. The van der Waals surface area contributed by atoms with E-state index in [2.05, 4.69) is 16.6 Å². The Morgan fingerprint density at radius 2 is 1.49 bits per heavy atom. The van der Waals surface area contributed by atoms with Gasteiger partial charge in [0.15, 0.2) is 9.84 Å². The van der Waals surface area contributed by atoms with E-state index in [1.165, 1.54) is 72.8 Å². The Labute approximate surface area is 242 Å². The van der Waals surface area contributed by atoms with Gasteiger partial charge in [-0.05, 0) is 66.7 Å². The van der Waals surface area contributed by atoms with Gasteiger partial charge in [0.1, 0.15) is 5.37 Å². The SMILES string of the molecule is C=CC(N1CCSCC1)S(=O)(=O)c1ccc(NC(=O)c2cc(Cl)ccc2NS(=O)(=O)c2ccc(Cl)cc2)cc1. The molecule has 1 saturated heterocycles. The molecular weight excluding hydrogens is 601 g/mol. The zero-order chi connectivity index (χ0) is 28.2. The van der Waals surface area contributed by atoms with Gasteiger partial charge in [0, 0.05) is 40.3 Å². The standard InChI is InChI=1S/C26H25Cl2N3O5S3/c1-2-25(31-13-15-37-16-14-31)38(33,34)21-10-6-20(7-11-21)29-26(32)23-17-19(28)5-12-24(23)30-39(35,36)22-8-3-18(27)4-9-22/h2-12,17,25,30H,1,13-16H2,(H,29,32). The third-order valence-corrected chi connectivity index (χ3v) is 10.8. The summed E-state index contributed by atoms with van der Waals surface area (Å²) in [6, 6.07) is 15.5. The van der Waals surface area contributed by atoms with Crippen molar-refractivity contribution in [2.45, 2.75) is 15.2 Å². The molecule has 206 valence electrons. The van der Waals surface area contributed by atoms with E-state index < -0.39 is 31.1 Å². The molecule has 1 heterocycles. The van der Waals surface area contributed by atoms with Gasteiger partial charge >= 0.3 is 0 Å². The molecule has 1 fully saturated rings. The van der Waals surface area contributed by atoms with Crippen LogP contribution in [0.2, 0.25) is 10.0 Å². The highest BCUT2D eigenvalue weighted by atomic mass is 35.5. The molecule has 2 N–H and O–H groups in total. The molecule has 1 aliphatic rings. The summed E-state index contributed by atoms with van der Waals surface area (Å²) in [6.45, 7) is 5.03. The number of hydrogen-bond acceptors (Lipinski definition) is 7. The van der Waals surface area contributed by atoms with E-state index >= 15 is 0 Å². The van der Waals surface area contributed by atoms with Crippen LogP contribution >= 0.6 is 35.0 Å². The normalized spacial score (nSPS) is 15.3. The molecule has 0 radical (unpaired) electrons. The molecule has 3 aromatic carbocycles. The van der Waals surface area contributed by atoms with Crippen LogP contribution < -0.4 is 10.0 Å². The fourth-order valence-electron chi connectivity index (χ4n) is 3.98. The van der Waals surface area contributed by atoms with Crippen LogP contribution in [0.25, 0.3) is 0 Å². The van der Waals surface area contributed by atoms with Crippen LogP contribution in [-0.4, -0.2) is 57.6 Å². The number of thioether (sulfide) groups is 1. The summed E-state index contributed by atoms with van der Waals surface area (Å²) in [5, 5.41) is 2.42. The molecular formula is C26H25Cl2N3O5S3. The highest BCUT2D eigenvalue weighted by molar-refractivity contribution is 7.99. The maximum Gasteiger partial charge on any atom is 0.261 e. The Balaban J connectivity index is 1.53. The van der Waals surface area contributed by atoms with Crippen molar-refractivity contribution in [2.24, 2.45) is 0 Å². The molecule has 8 nitrogen and oxygen atoms in total. The first-order valence-corrected chi connectivity index (χ1v) is 16.6. The van der Waals surface area contributed by atoms with Crippen LogP contribution in [0.4, 0.5) is 11.4 Å². The molecule has 0 spiro atoms. The van der Waals surface area contributed by atoms with Crippen LogP contribution in [0.15, 0.2) is 89.2 Å². The summed E-state index contributed by atoms with van der Waals surface area (Å²) in [7, 11) is -7.75. The number of nitrogens with one attached hydrogen (secondary N) is 2. The quantitative estimate of drug-likeness (QED) is 0.307. The highest BCUT2D eigenvalue weighted by Gasteiger charge is 2.31. The van der Waals surface area contributed by atoms with Crippen molar-refractivity contribution >= 4 is 72.1 Å². The van der Waals surface area contributed by atoms with E-state index in [-0.39, 0.29) is 26.1 Å². The number of carbonyl (C=O) groups excluding carboxylic acids is 1. The monoisotopic (exact) mass is 625 g/mol. The predicted octanol–water partition coefficient (Wildman–Crippen LogP) is 5.38. The number of carbonyl (C=O) groups is 1. The van der Waals surface area contributed by atoms with Gasteiger partial charge in [-0.15, -0.1) is 6.58 Å². The van der Waals surface area contributed by atoms with Crippen molar-refractivity contribution < 1.29 is 21.6 Å². The maximum absolute atomic E-state index is 13.3. The predicted molar refractivity (Wildman–Crippen MR) is 158 cm³/mol. The van der Waals surface area contributed by atoms with Gasteiger partial charge < -0.3 is 5.32 Å². The smallest absolute Gasteiger partial charge is 0.261 e. The zero-order valence-electron chi connectivity index (χ0n) is 20.5. The molecule has 39 heavy (non-hydrogen) atoms. The average molecular weight is 627 g/mol. The van der Waals surface area contributed by atoms with Crippen molar-refractivity contribution in [1.29, 1.82) is 0 Å². The number of nitrogens with zero attached hydrogens (tertiary/aromatic N) is 1. The lowest BCUT2D eigenvalue weighted by atomic mass is 10.1. The molecule has 0 aliphatic carbocycles. The summed E-state index contributed by atoms with van der Waals surface area (Å²) < 4.78 is 54.7. The van der Waals surface area contributed by atoms with Gasteiger partial charge in [-0.2, -0.15) is 11.8 Å². The first-order valence-electron chi connectivity index (χ1n) is 11.7. The number of benzene rings is 3. The van der Waals surface area contributed by atoms with E-state index in [0.29, 0.717) is 23.8 Å². The van der Waals surface area contributed by atoms with Gasteiger partial charge in [-0.3, -0.25) is 14.4 Å². The molecule has 0 aromatic heterocycles. The molecule has 0 saturated carbocycles. The van der Waals surface area contributed by atoms with Crippen molar-refractivity contribution in [3.63, 3.8) is 0 Å². The minimum atomic E-state index is -4.03. The summed E-state index contributed by atoms with van der Waals surface area (Å²) >= 11 is 13.7. The van der Waals surface area contributed by atoms with Crippen LogP contribution in [-0.2, 0) is 19.9 Å². The topological polar surface area (TPSA) is 113 Å². The Morgan fingerprint density at radius 3 is 2.10 bits per heavy atom. The first-order chi connectivity index (χ1) is 18.5. The summed E-state index contributed by atoms with van der Waals surface area (Å²) in [6.07, 6.45) is 1.44. The molecule has 4 rings (SSSR count). The number of anilines is 2. The van der Waals surface area contributed by atoms with Crippen molar-refractivity contribution in [1.82, 2.24) is 4.90 Å². The molecule has 0 bridgehead atoms. The largest absolute Gasteiger partial charge is 0.322 e. The van der Waals surface area contributed by atoms with Gasteiger partial charge in [-0.1, -0.05) is 29.3 Å². The Hall–Kier alpha value is -2.54. The molecule has 13 heteroatoms. The van der Waals surface area contributed by atoms with E-state index in [1.807, 2.05) is 4.90 Å². The van der Waals surface area contributed by atoms with Crippen molar-refractivity contribution in [2.75, 3.05) is 34.6 Å². The second-order valence-electron chi connectivity index (χ2n) is 8.55. The third-order valence-electron chi connectivity index (χ3n) is 5.96. The number of rotatable bonds is 9. The maximum atomic E-state index is 13.3. The van der Waals surface area contributed by atoms with Gasteiger partial charge in [0.25, 0.3) is 15.9 Å². The Morgan fingerprint density at radius 1 is 0.897 bits per heavy atom. The lowest BCUT2D eigenvalue weighted by Gasteiger charge is -2.32. The van der Waals surface area contributed by atoms with Crippen LogP contribution in [0, 0.1) is 0 Å². The summed E-state index contributed by atoms with van der Waals surface area (Å²) in [5.74, 6) is 1.06. The molecule has 1 aliphatic heterocycles. The number of sulfone groups is 1. The second kappa shape index (κ2) is 12.3. The van der Waals surface area contributed by atoms with E-state index in [9.17, 15) is 21.6 Å². The molecule has 1 amide bonds. The lowest BCUT2D eigenvalue weighted by molar-refractivity contribution is 0.102. The fraction of sp³-hybridized carbons (Fsp3) is 0.192. The Kier molecular flexibility index (Phi) is 9.30. The van der Waals surface area contributed by atoms with Gasteiger partial charge in [-0.25, -0.2) is 16.8 Å². The Bertz CT molecular complexity index is 1570. The zero-order valence-corrected chi connectivity index (χ0v) is 24.5. The number of hydrogen-bond donors (Lipinski definition) is 2. The van der Waals surface area contributed by atoms with Crippen molar-refractivity contribution in [3.05, 3.63) is 95.0 Å². The lowest BCUT2D eigenvalue weighted by Crippen LogP contribution is -2.44. The van der Waals surface area contributed by atoms with Crippen LogP contribution in [0.5, 0.6) is 0 Å². The van der Waals surface area contributed by atoms with Gasteiger partial charge in [0.05, 0.1) is 21.0 Å². The van der Waals surface area contributed by atoms with Crippen LogP contribution in [0.1, 0.15) is 10.4 Å². The molecule has 3 aromatic rings. The minimum absolute atomic E-state index is 0.0135. The van der Waals surface area contributed by atoms with E-state index in [4.69, 9.17) is 23.2 Å². The number of sulfonamides is 1. The van der Waals surface area contributed by atoms with Crippen LogP contribution in [0.3, 0.4) is 0 Å². The highest BCUT2D eigenvalue weighted by Crippen LogP contribution is 2.27.